The van der Waals surface area contributed by atoms with Crippen LogP contribution < -0.4 is 11.1 Å². The number of rotatable bonds is 7. The molecule has 0 aromatic carbocycles. The molecule has 3 N–H and O–H groups in total. The number of nitrogens with one attached hydrogen (secondary N) is 1. The molecule has 0 atom stereocenters. The smallest absolute Gasteiger partial charge is 0.240 e. The van der Waals surface area contributed by atoms with Crippen molar-refractivity contribution in [2.75, 3.05) is 33.0 Å². The summed E-state index contributed by atoms with van der Waals surface area (Å²) in [7, 11) is 0. The minimum Gasteiger partial charge on any atom is -0.381 e. The van der Waals surface area contributed by atoms with E-state index in [1.165, 1.54) is 0 Å². The maximum atomic E-state index is 11.9. The maximum Gasteiger partial charge on any atom is 0.240 e. The van der Waals surface area contributed by atoms with Crippen LogP contribution in [0.3, 0.4) is 0 Å². The molecule has 100 valence electrons. The normalized spacial score (nSPS) is 18.9. The highest BCUT2D eigenvalue weighted by atomic mass is 16.5. The Kier molecular flexibility index (Phi) is 6.47. The maximum absolute atomic E-state index is 11.9. The predicted molar refractivity (Wildman–Crippen MR) is 65.7 cm³/mol. The number of amides is 1. The molecule has 0 spiro atoms. The Balaban J connectivity index is 2.11. The predicted octanol–water partition coefficient (Wildman–Crippen LogP) is 0.427. The first kappa shape index (κ1) is 14.4. The molecule has 1 saturated heterocycles. The summed E-state index contributed by atoms with van der Waals surface area (Å²) in [6.07, 6.45) is 3.37. The van der Waals surface area contributed by atoms with Gasteiger partial charge < -0.3 is 20.5 Å². The van der Waals surface area contributed by atoms with E-state index in [0.29, 0.717) is 39.2 Å². The van der Waals surface area contributed by atoms with Crippen LogP contribution in [0, 0.1) is 0 Å². The van der Waals surface area contributed by atoms with Crippen molar-refractivity contribution >= 4 is 5.91 Å². The molecule has 17 heavy (non-hydrogen) atoms. The molecule has 0 unspecified atom stereocenters. The largest absolute Gasteiger partial charge is 0.381 e. The number of nitrogens with two attached hydrogens (primary N) is 1. The number of carbonyl (C=O) groups is 1. The van der Waals surface area contributed by atoms with Gasteiger partial charge in [0.2, 0.25) is 5.91 Å². The third-order valence-electron chi connectivity index (χ3n) is 3.01. The molecule has 1 amide bonds. The zero-order chi connectivity index (χ0) is 12.6. The van der Waals surface area contributed by atoms with Gasteiger partial charge >= 0.3 is 0 Å². The van der Waals surface area contributed by atoms with Crippen LogP contribution in [0.5, 0.6) is 0 Å². The summed E-state index contributed by atoms with van der Waals surface area (Å²) in [5, 5.41) is 2.83. The molecule has 0 saturated carbocycles. The Morgan fingerprint density at radius 1 is 1.41 bits per heavy atom. The third-order valence-corrected chi connectivity index (χ3v) is 3.01. The molecular weight excluding hydrogens is 220 g/mol. The summed E-state index contributed by atoms with van der Waals surface area (Å²) in [5.41, 5.74) is 5.28. The fourth-order valence-corrected chi connectivity index (χ4v) is 1.72. The first-order chi connectivity index (χ1) is 8.19. The van der Waals surface area contributed by atoms with Crippen LogP contribution in [0.15, 0.2) is 0 Å². The molecule has 1 rings (SSSR count). The summed E-state index contributed by atoms with van der Waals surface area (Å²) in [4.78, 5) is 11.9. The van der Waals surface area contributed by atoms with Gasteiger partial charge in [-0.25, -0.2) is 0 Å². The average Bonchev–Trinajstić information content (AvgIpc) is 2.34. The molecule has 5 nitrogen and oxygen atoms in total. The van der Waals surface area contributed by atoms with Crippen molar-refractivity contribution in [2.45, 2.75) is 38.1 Å². The van der Waals surface area contributed by atoms with Gasteiger partial charge in [-0.05, 0) is 19.3 Å². The highest BCUT2D eigenvalue weighted by Crippen LogP contribution is 2.17. The molecule has 1 aliphatic rings. The van der Waals surface area contributed by atoms with Gasteiger partial charge in [-0.15, -0.1) is 0 Å². The Hall–Kier alpha value is -0.650. The van der Waals surface area contributed by atoms with Crippen molar-refractivity contribution < 1.29 is 14.3 Å². The molecule has 0 radical (unpaired) electrons. The second kappa shape index (κ2) is 7.63. The number of hydrogen-bond donors (Lipinski definition) is 2. The molecule has 0 bridgehead atoms. The highest BCUT2D eigenvalue weighted by molar-refractivity contribution is 5.86. The van der Waals surface area contributed by atoms with Gasteiger partial charge in [0.1, 0.15) is 0 Å². The summed E-state index contributed by atoms with van der Waals surface area (Å²) >= 11 is 0. The van der Waals surface area contributed by atoms with Gasteiger partial charge in [-0.3, -0.25) is 4.79 Å². The summed E-state index contributed by atoms with van der Waals surface area (Å²) in [5.74, 6) is -0.0834. The zero-order valence-corrected chi connectivity index (χ0v) is 10.7. The van der Waals surface area contributed by atoms with Crippen molar-refractivity contribution in [3.05, 3.63) is 0 Å². The van der Waals surface area contributed by atoms with E-state index in [1.54, 1.807) is 0 Å². The molecule has 5 heteroatoms. The van der Waals surface area contributed by atoms with Crippen molar-refractivity contribution in [2.24, 2.45) is 5.73 Å². The van der Waals surface area contributed by atoms with Crippen LogP contribution in [0.1, 0.15) is 32.6 Å². The lowest BCUT2D eigenvalue weighted by molar-refractivity contribution is -0.130. The third kappa shape index (κ3) is 5.02. The SMILES string of the molecule is CCCCOCCNC(=O)C1(N)CCOCC1. The average molecular weight is 244 g/mol. The fourth-order valence-electron chi connectivity index (χ4n) is 1.72. The highest BCUT2D eigenvalue weighted by Gasteiger charge is 2.35. The van der Waals surface area contributed by atoms with E-state index >= 15 is 0 Å². The summed E-state index contributed by atoms with van der Waals surface area (Å²) < 4.78 is 10.6. The van der Waals surface area contributed by atoms with E-state index in [2.05, 4.69) is 12.2 Å². The molecule has 0 aromatic rings. The molecule has 0 aromatic heterocycles. The quantitative estimate of drug-likeness (QED) is 0.637. The zero-order valence-electron chi connectivity index (χ0n) is 10.7. The lowest BCUT2D eigenvalue weighted by Gasteiger charge is -2.31. The molecule has 1 heterocycles. The number of carbonyl (C=O) groups excluding carboxylic acids is 1. The van der Waals surface area contributed by atoms with Gasteiger partial charge in [0.25, 0.3) is 0 Å². The van der Waals surface area contributed by atoms with E-state index in [-0.39, 0.29) is 5.91 Å². The molecule has 1 aliphatic heterocycles. The number of ether oxygens (including phenoxy) is 2. The minimum absolute atomic E-state index is 0.0834. The van der Waals surface area contributed by atoms with Gasteiger partial charge in [0, 0.05) is 26.4 Å². The van der Waals surface area contributed by atoms with Crippen LogP contribution in [0.2, 0.25) is 0 Å². The lowest BCUT2D eigenvalue weighted by atomic mass is 9.90. The van der Waals surface area contributed by atoms with Crippen LogP contribution in [-0.2, 0) is 14.3 Å². The van der Waals surface area contributed by atoms with Gasteiger partial charge in [-0.2, -0.15) is 0 Å². The monoisotopic (exact) mass is 244 g/mol. The lowest BCUT2D eigenvalue weighted by Crippen LogP contribution is -2.57. The van der Waals surface area contributed by atoms with E-state index in [9.17, 15) is 4.79 Å². The Morgan fingerprint density at radius 3 is 2.76 bits per heavy atom. The molecule has 1 fully saturated rings. The van der Waals surface area contributed by atoms with Gasteiger partial charge in [0.15, 0.2) is 0 Å². The number of unbranched alkanes of at least 4 members (excludes halogenated alkanes) is 1. The van der Waals surface area contributed by atoms with Crippen LogP contribution in [0.4, 0.5) is 0 Å². The van der Waals surface area contributed by atoms with Gasteiger partial charge in [-0.1, -0.05) is 13.3 Å². The summed E-state index contributed by atoms with van der Waals surface area (Å²) in [6.45, 7) is 5.09. The van der Waals surface area contributed by atoms with E-state index < -0.39 is 5.54 Å². The van der Waals surface area contributed by atoms with Crippen molar-refractivity contribution in [3.8, 4) is 0 Å². The van der Waals surface area contributed by atoms with Crippen LogP contribution in [0.25, 0.3) is 0 Å². The Bertz CT molecular complexity index is 228. The Labute approximate surface area is 103 Å². The molecular formula is C12H24N2O3. The second-order valence-electron chi connectivity index (χ2n) is 4.49. The molecule has 0 aliphatic carbocycles. The minimum atomic E-state index is -0.748. The topological polar surface area (TPSA) is 73.6 Å². The second-order valence-corrected chi connectivity index (χ2v) is 4.49. The fraction of sp³-hybridized carbons (Fsp3) is 0.917. The van der Waals surface area contributed by atoms with Crippen LogP contribution in [-0.4, -0.2) is 44.4 Å². The first-order valence-electron chi connectivity index (χ1n) is 6.42. The standard InChI is InChI=1S/C12H24N2O3/c1-2-3-7-16-10-6-14-11(15)12(13)4-8-17-9-5-12/h2-10,13H2,1H3,(H,14,15). The summed E-state index contributed by atoms with van der Waals surface area (Å²) in [6, 6.07) is 0. The Morgan fingerprint density at radius 2 is 2.12 bits per heavy atom. The van der Waals surface area contributed by atoms with Crippen molar-refractivity contribution in [3.63, 3.8) is 0 Å². The first-order valence-corrected chi connectivity index (χ1v) is 6.42. The number of hydrogen-bond acceptors (Lipinski definition) is 4. The van der Waals surface area contributed by atoms with E-state index in [4.69, 9.17) is 15.2 Å². The van der Waals surface area contributed by atoms with E-state index in [1.807, 2.05) is 0 Å². The van der Waals surface area contributed by atoms with Gasteiger partial charge in [0.05, 0.1) is 12.1 Å². The van der Waals surface area contributed by atoms with Crippen molar-refractivity contribution in [1.29, 1.82) is 0 Å². The van der Waals surface area contributed by atoms with Crippen LogP contribution >= 0.6 is 0 Å². The van der Waals surface area contributed by atoms with Crippen molar-refractivity contribution in [1.82, 2.24) is 5.32 Å². The van der Waals surface area contributed by atoms with E-state index in [0.717, 1.165) is 19.4 Å².